The molecule has 1 saturated heterocycles. The molecule has 1 aliphatic heterocycles. The second-order valence-corrected chi connectivity index (χ2v) is 7.77. The summed E-state index contributed by atoms with van der Waals surface area (Å²) in [6, 6.07) is 14.5. The van der Waals surface area contributed by atoms with Gasteiger partial charge in [-0.2, -0.15) is 15.0 Å². The van der Waals surface area contributed by atoms with Gasteiger partial charge in [0, 0.05) is 36.8 Å². The average Bonchev–Trinajstić information content (AvgIpc) is 2.79. The van der Waals surface area contributed by atoms with E-state index in [2.05, 4.69) is 25.2 Å². The zero-order valence-electron chi connectivity index (χ0n) is 17.7. The summed E-state index contributed by atoms with van der Waals surface area (Å²) < 4.78 is 5.35. The highest BCUT2D eigenvalue weighted by molar-refractivity contribution is 6.30. The fraction of sp³-hybridized carbons (Fsp3) is 0.273. The van der Waals surface area contributed by atoms with Crippen LogP contribution >= 0.6 is 11.6 Å². The number of carbonyl (C=O) groups excluding carboxylic acids is 1. The van der Waals surface area contributed by atoms with Crippen LogP contribution in [0.1, 0.15) is 16.2 Å². The Morgan fingerprint density at radius 1 is 1.09 bits per heavy atom. The number of nitrogens with zero attached hydrogens (tertiary/aromatic N) is 5. The molecule has 0 bridgehead atoms. The van der Waals surface area contributed by atoms with Crippen LogP contribution in [-0.4, -0.2) is 63.9 Å². The summed E-state index contributed by atoms with van der Waals surface area (Å²) in [5, 5.41) is 3.69. The molecule has 3 N–H and O–H groups in total. The topological polar surface area (TPSA) is 109 Å². The molecule has 2 aromatic carbocycles. The molecule has 166 valence electrons. The van der Waals surface area contributed by atoms with Crippen LogP contribution in [0, 0.1) is 0 Å². The molecule has 1 amide bonds. The van der Waals surface area contributed by atoms with E-state index in [1.54, 1.807) is 31.4 Å². The second-order valence-electron chi connectivity index (χ2n) is 7.34. The molecule has 0 saturated carbocycles. The predicted molar refractivity (Wildman–Crippen MR) is 123 cm³/mol. The minimum absolute atomic E-state index is 0.0140. The number of hydrogen-bond acceptors (Lipinski definition) is 8. The number of amides is 1. The molecule has 0 radical (unpaired) electrons. The van der Waals surface area contributed by atoms with Crippen LogP contribution in [0.4, 0.5) is 17.6 Å². The van der Waals surface area contributed by atoms with Crippen molar-refractivity contribution in [3.05, 3.63) is 64.9 Å². The molecule has 10 heteroatoms. The molecule has 2 heterocycles. The van der Waals surface area contributed by atoms with Crippen molar-refractivity contribution in [3.8, 4) is 5.75 Å². The third-order valence-electron chi connectivity index (χ3n) is 5.15. The van der Waals surface area contributed by atoms with Crippen LogP contribution in [0.2, 0.25) is 5.02 Å². The summed E-state index contributed by atoms with van der Waals surface area (Å²) in [4.78, 5) is 29.7. The summed E-state index contributed by atoms with van der Waals surface area (Å²) in [5.41, 5.74) is 7.25. The van der Waals surface area contributed by atoms with E-state index in [1.165, 1.54) is 0 Å². The Morgan fingerprint density at radius 2 is 1.88 bits per heavy atom. The van der Waals surface area contributed by atoms with Crippen LogP contribution in [0.3, 0.4) is 0 Å². The van der Waals surface area contributed by atoms with E-state index in [1.807, 2.05) is 29.2 Å². The summed E-state index contributed by atoms with van der Waals surface area (Å²) in [7, 11) is 1.60. The van der Waals surface area contributed by atoms with Gasteiger partial charge in [0.1, 0.15) is 11.6 Å². The van der Waals surface area contributed by atoms with E-state index in [9.17, 15) is 4.79 Å². The van der Waals surface area contributed by atoms with Crippen molar-refractivity contribution in [3.63, 3.8) is 0 Å². The maximum absolute atomic E-state index is 12.7. The molecular weight excluding hydrogens is 430 g/mol. The fourth-order valence-corrected chi connectivity index (χ4v) is 3.74. The first-order valence-corrected chi connectivity index (χ1v) is 10.6. The number of para-hydroxylation sites is 2. The molecular formula is C22H24ClN7O2. The van der Waals surface area contributed by atoms with E-state index in [4.69, 9.17) is 22.1 Å². The lowest BCUT2D eigenvalue weighted by atomic mass is 10.2. The zero-order valence-corrected chi connectivity index (χ0v) is 18.4. The Morgan fingerprint density at radius 3 is 2.62 bits per heavy atom. The normalized spacial score (nSPS) is 14.2. The molecule has 1 aromatic heterocycles. The highest BCUT2D eigenvalue weighted by atomic mass is 35.5. The predicted octanol–water partition coefficient (Wildman–Crippen LogP) is 2.82. The molecule has 32 heavy (non-hydrogen) atoms. The van der Waals surface area contributed by atoms with E-state index >= 15 is 0 Å². The van der Waals surface area contributed by atoms with Crippen molar-refractivity contribution >= 4 is 35.1 Å². The maximum atomic E-state index is 12.7. The fourth-order valence-electron chi connectivity index (χ4n) is 3.55. The number of piperazine rings is 1. The van der Waals surface area contributed by atoms with Gasteiger partial charge in [0.15, 0.2) is 0 Å². The van der Waals surface area contributed by atoms with Crippen molar-refractivity contribution in [2.24, 2.45) is 0 Å². The lowest BCUT2D eigenvalue weighted by Crippen LogP contribution is -2.48. The monoisotopic (exact) mass is 453 g/mol. The SMILES string of the molecule is COc1ccccc1Nc1nc(N)nc(CN2CCN(C(=O)c3cccc(Cl)c3)CC2)n1. The van der Waals surface area contributed by atoms with Gasteiger partial charge in [-0.3, -0.25) is 9.69 Å². The summed E-state index contributed by atoms with van der Waals surface area (Å²) in [6.07, 6.45) is 0. The van der Waals surface area contributed by atoms with Crippen molar-refractivity contribution < 1.29 is 9.53 Å². The molecule has 4 rings (SSSR count). The number of aromatic nitrogens is 3. The summed E-state index contributed by atoms with van der Waals surface area (Å²) in [6.45, 7) is 3.13. The molecule has 0 atom stereocenters. The van der Waals surface area contributed by atoms with Crippen LogP contribution in [0.15, 0.2) is 48.5 Å². The summed E-state index contributed by atoms with van der Waals surface area (Å²) in [5.74, 6) is 1.71. The van der Waals surface area contributed by atoms with Gasteiger partial charge in [0.05, 0.1) is 19.3 Å². The van der Waals surface area contributed by atoms with Crippen LogP contribution < -0.4 is 15.8 Å². The van der Waals surface area contributed by atoms with Gasteiger partial charge in [0.25, 0.3) is 5.91 Å². The first-order chi connectivity index (χ1) is 15.5. The second kappa shape index (κ2) is 9.80. The van der Waals surface area contributed by atoms with Gasteiger partial charge in [-0.25, -0.2) is 0 Å². The maximum Gasteiger partial charge on any atom is 0.253 e. The third kappa shape index (κ3) is 5.24. The van der Waals surface area contributed by atoms with E-state index < -0.39 is 0 Å². The minimum atomic E-state index is -0.0140. The molecule has 1 fully saturated rings. The molecule has 3 aromatic rings. The number of nitrogens with one attached hydrogen (secondary N) is 1. The Bertz CT molecular complexity index is 1100. The third-order valence-corrected chi connectivity index (χ3v) is 5.38. The van der Waals surface area contributed by atoms with E-state index in [0.717, 1.165) is 5.69 Å². The van der Waals surface area contributed by atoms with Gasteiger partial charge in [0.2, 0.25) is 11.9 Å². The van der Waals surface area contributed by atoms with E-state index in [-0.39, 0.29) is 11.9 Å². The number of carbonyl (C=O) groups is 1. The molecule has 0 aliphatic carbocycles. The number of halogens is 1. The number of methoxy groups -OCH3 is 1. The van der Waals surface area contributed by atoms with Gasteiger partial charge in [-0.15, -0.1) is 0 Å². The van der Waals surface area contributed by atoms with Crippen LogP contribution in [0.25, 0.3) is 0 Å². The lowest BCUT2D eigenvalue weighted by Gasteiger charge is -2.34. The first kappa shape index (κ1) is 21.8. The lowest BCUT2D eigenvalue weighted by molar-refractivity contribution is 0.0625. The average molecular weight is 454 g/mol. The smallest absolute Gasteiger partial charge is 0.253 e. The Labute approximate surface area is 191 Å². The number of anilines is 3. The Kier molecular flexibility index (Phi) is 6.67. The quantitative estimate of drug-likeness (QED) is 0.586. The van der Waals surface area contributed by atoms with Crippen molar-refractivity contribution in [1.29, 1.82) is 0 Å². The first-order valence-electron chi connectivity index (χ1n) is 10.2. The van der Waals surface area contributed by atoms with Crippen LogP contribution in [-0.2, 0) is 6.54 Å². The van der Waals surface area contributed by atoms with Crippen LogP contribution in [0.5, 0.6) is 5.75 Å². The molecule has 0 spiro atoms. The van der Waals surface area contributed by atoms with Crippen molar-refractivity contribution in [2.45, 2.75) is 6.54 Å². The van der Waals surface area contributed by atoms with Gasteiger partial charge >= 0.3 is 0 Å². The van der Waals surface area contributed by atoms with Gasteiger partial charge in [-0.05, 0) is 30.3 Å². The number of benzene rings is 2. The number of nitrogen functional groups attached to an aromatic ring is 1. The molecule has 0 unspecified atom stereocenters. The Balaban J connectivity index is 1.38. The van der Waals surface area contributed by atoms with Crippen molar-refractivity contribution in [1.82, 2.24) is 24.8 Å². The molecule has 9 nitrogen and oxygen atoms in total. The summed E-state index contributed by atoms with van der Waals surface area (Å²) >= 11 is 6.01. The minimum Gasteiger partial charge on any atom is -0.495 e. The van der Waals surface area contributed by atoms with Gasteiger partial charge in [-0.1, -0.05) is 29.8 Å². The number of nitrogens with two attached hydrogens (primary N) is 1. The van der Waals surface area contributed by atoms with Gasteiger partial charge < -0.3 is 20.7 Å². The number of ether oxygens (including phenoxy) is 1. The molecule has 1 aliphatic rings. The highest BCUT2D eigenvalue weighted by Gasteiger charge is 2.23. The number of hydrogen-bond donors (Lipinski definition) is 2. The zero-order chi connectivity index (χ0) is 22.5. The Hall–Kier alpha value is -3.43. The highest BCUT2D eigenvalue weighted by Crippen LogP contribution is 2.25. The largest absolute Gasteiger partial charge is 0.495 e. The number of rotatable bonds is 6. The van der Waals surface area contributed by atoms with E-state index in [0.29, 0.717) is 60.8 Å². The standard InChI is InChI=1S/C22H24ClN7O2/c1-32-18-8-3-2-7-17(18)25-22-27-19(26-21(24)28-22)14-29-9-11-30(12-10-29)20(31)15-5-4-6-16(23)13-15/h2-8,13H,9-12,14H2,1H3,(H3,24,25,26,27,28). The van der Waals surface area contributed by atoms with Crippen molar-refractivity contribution in [2.75, 3.05) is 44.3 Å².